The molecule has 5 heteroatoms. The van der Waals surface area contributed by atoms with Gasteiger partial charge >= 0.3 is 6.09 Å². The van der Waals surface area contributed by atoms with E-state index in [2.05, 4.69) is 10.3 Å². The minimum absolute atomic E-state index is 0.157. The van der Waals surface area contributed by atoms with Crippen LogP contribution >= 0.6 is 0 Å². The Kier molecular flexibility index (Phi) is 2.59. The topological polar surface area (TPSA) is 88.2 Å². The lowest BCUT2D eigenvalue weighted by molar-refractivity contribution is 0.194. The van der Waals surface area contributed by atoms with Crippen LogP contribution in [0.4, 0.5) is 10.5 Å². The Morgan fingerprint density at radius 1 is 1.44 bits per heavy atom. The summed E-state index contributed by atoms with van der Waals surface area (Å²) in [5.74, 6) is 0. The van der Waals surface area contributed by atoms with Crippen LogP contribution in [0.1, 0.15) is 5.69 Å². The van der Waals surface area contributed by atoms with E-state index >= 15 is 0 Å². The number of anilines is 1. The number of fused-ring (bicyclic) bond motifs is 1. The fraction of sp³-hybridized carbons (Fsp3) is 0.0909. The fourth-order valence-corrected chi connectivity index (χ4v) is 1.52. The lowest BCUT2D eigenvalue weighted by Gasteiger charge is -2.05. The molecule has 0 aliphatic carbocycles. The van der Waals surface area contributed by atoms with E-state index in [4.69, 9.17) is 10.8 Å². The second-order valence-corrected chi connectivity index (χ2v) is 3.38. The van der Waals surface area contributed by atoms with Crippen LogP contribution < -0.4 is 11.1 Å². The van der Waals surface area contributed by atoms with E-state index in [9.17, 15) is 4.79 Å². The zero-order valence-electron chi connectivity index (χ0n) is 8.47. The number of nitrogens with two attached hydrogens (primary N) is 1. The van der Waals surface area contributed by atoms with Gasteiger partial charge in [0.1, 0.15) is 0 Å². The smallest absolute Gasteiger partial charge is 0.404 e. The third-order valence-electron chi connectivity index (χ3n) is 2.22. The Balaban J connectivity index is 2.38. The van der Waals surface area contributed by atoms with Crippen molar-refractivity contribution in [2.24, 2.45) is 0 Å². The minimum Gasteiger partial charge on any atom is -0.465 e. The van der Waals surface area contributed by atoms with Crippen molar-refractivity contribution in [2.45, 2.75) is 6.54 Å². The molecular weight excluding hydrogens is 206 g/mol. The first-order valence-corrected chi connectivity index (χ1v) is 4.78. The van der Waals surface area contributed by atoms with Crippen LogP contribution in [0.25, 0.3) is 10.9 Å². The van der Waals surface area contributed by atoms with Crippen molar-refractivity contribution in [3.8, 4) is 0 Å². The van der Waals surface area contributed by atoms with E-state index in [1.807, 2.05) is 24.3 Å². The molecule has 1 amide bonds. The summed E-state index contributed by atoms with van der Waals surface area (Å²) in [5, 5.41) is 11.6. The Morgan fingerprint density at radius 3 is 2.94 bits per heavy atom. The first kappa shape index (κ1) is 10.2. The van der Waals surface area contributed by atoms with Gasteiger partial charge < -0.3 is 16.2 Å². The van der Waals surface area contributed by atoms with Gasteiger partial charge in [0.25, 0.3) is 0 Å². The molecule has 0 saturated heterocycles. The summed E-state index contributed by atoms with van der Waals surface area (Å²) in [6, 6.07) is 9.15. The van der Waals surface area contributed by atoms with Crippen molar-refractivity contribution in [1.29, 1.82) is 0 Å². The molecule has 1 aromatic carbocycles. The monoisotopic (exact) mass is 217 g/mol. The highest BCUT2D eigenvalue weighted by Gasteiger charge is 2.03. The summed E-state index contributed by atoms with van der Waals surface area (Å²) in [5.41, 5.74) is 7.83. The number of carboxylic acid groups (broad SMARTS) is 1. The summed E-state index contributed by atoms with van der Waals surface area (Å²) in [6.07, 6.45) is -1.08. The minimum atomic E-state index is -1.08. The zero-order chi connectivity index (χ0) is 11.5. The zero-order valence-corrected chi connectivity index (χ0v) is 8.47. The van der Waals surface area contributed by atoms with Gasteiger partial charge in [0.05, 0.1) is 17.8 Å². The van der Waals surface area contributed by atoms with Gasteiger partial charge in [-0.25, -0.2) is 4.79 Å². The van der Waals surface area contributed by atoms with Crippen LogP contribution in [0, 0.1) is 0 Å². The molecule has 1 aromatic heterocycles. The number of nitrogens with zero attached hydrogens (tertiary/aromatic N) is 1. The molecule has 2 aromatic rings. The molecule has 0 unspecified atom stereocenters. The van der Waals surface area contributed by atoms with Crippen molar-refractivity contribution >= 4 is 22.7 Å². The number of carbonyl (C=O) groups is 1. The van der Waals surface area contributed by atoms with Gasteiger partial charge in [-0.2, -0.15) is 0 Å². The van der Waals surface area contributed by atoms with Gasteiger partial charge in [-0.05, 0) is 12.1 Å². The number of aromatic nitrogens is 1. The maximum absolute atomic E-state index is 10.4. The highest BCUT2D eigenvalue weighted by atomic mass is 16.4. The first-order chi connectivity index (χ1) is 7.66. The summed E-state index contributed by atoms with van der Waals surface area (Å²) < 4.78 is 0. The van der Waals surface area contributed by atoms with Crippen molar-refractivity contribution in [1.82, 2.24) is 10.3 Å². The highest BCUT2D eigenvalue weighted by molar-refractivity contribution is 5.90. The van der Waals surface area contributed by atoms with Gasteiger partial charge in [-0.1, -0.05) is 18.2 Å². The molecule has 0 spiro atoms. The molecule has 0 aliphatic heterocycles. The summed E-state index contributed by atoms with van der Waals surface area (Å²) in [6.45, 7) is 0.157. The van der Waals surface area contributed by atoms with Crippen molar-refractivity contribution in [3.63, 3.8) is 0 Å². The van der Waals surface area contributed by atoms with Crippen LogP contribution in [-0.2, 0) is 6.54 Å². The molecule has 0 radical (unpaired) electrons. The lowest BCUT2D eigenvalue weighted by Crippen LogP contribution is -2.20. The van der Waals surface area contributed by atoms with Crippen LogP contribution in [0.5, 0.6) is 0 Å². The summed E-state index contributed by atoms with van der Waals surface area (Å²) in [4.78, 5) is 14.7. The number of hydrogen-bond acceptors (Lipinski definition) is 3. The molecule has 82 valence electrons. The molecule has 0 atom stereocenters. The molecule has 0 aliphatic rings. The van der Waals surface area contributed by atoms with E-state index < -0.39 is 6.09 Å². The van der Waals surface area contributed by atoms with E-state index in [-0.39, 0.29) is 6.54 Å². The van der Waals surface area contributed by atoms with Gasteiger partial charge in [0.15, 0.2) is 0 Å². The molecule has 5 nitrogen and oxygen atoms in total. The third kappa shape index (κ3) is 2.03. The number of nitrogens with one attached hydrogen (secondary N) is 1. The van der Waals surface area contributed by atoms with Gasteiger partial charge in [-0.3, -0.25) is 4.98 Å². The average molecular weight is 217 g/mol. The Labute approximate surface area is 91.9 Å². The Bertz CT molecular complexity index is 540. The SMILES string of the molecule is Nc1cc(CNC(=O)O)nc2ccccc12. The number of nitrogen functional groups attached to an aromatic ring is 1. The third-order valence-corrected chi connectivity index (χ3v) is 2.22. The lowest BCUT2D eigenvalue weighted by atomic mass is 10.1. The second kappa shape index (κ2) is 4.06. The maximum Gasteiger partial charge on any atom is 0.404 e. The van der Waals surface area contributed by atoms with E-state index in [1.54, 1.807) is 6.07 Å². The number of para-hydroxylation sites is 1. The second-order valence-electron chi connectivity index (χ2n) is 3.38. The van der Waals surface area contributed by atoms with Crippen LogP contribution in [0.2, 0.25) is 0 Å². The normalized spacial score (nSPS) is 10.2. The van der Waals surface area contributed by atoms with Crippen LogP contribution in [0.15, 0.2) is 30.3 Å². The number of pyridine rings is 1. The molecular formula is C11H11N3O2. The molecule has 0 saturated carbocycles. The number of amides is 1. The van der Waals surface area contributed by atoms with Crippen LogP contribution in [0.3, 0.4) is 0 Å². The summed E-state index contributed by atoms with van der Waals surface area (Å²) >= 11 is 0. The summed E-state index contributed by atoms with van der Waals surface area (Å²) in [7, 11) is 0. The van der Waals surface area contributed by atoms with Crippen LogP contribution in [-0.4, -0.2) is 16.2 Å². The first-order valence-electron chi connectivity index (χ1n) is 4.78. The highest BCUT2D eigenvalue weighted by Crippen LogP contribution is 2.19. The quantitative estimate of drug-likeness (QED) is 0.712. The largest absolute Gasteiger partial charge is 0.465 e. The van der Waals surface area contributed by atoms with Gasteiger partial charge in [0, 0.05) is 11.1 Å². The van der Waals surface area contributed by atoms with Crippen molar-refractivity contribution in [3.05, 3.63) is 36.0 Å². The Morgan fingerprint density at radius 2 is 2.19 bits per heavy atom. The molecule has 1 heterocycles. The van der Waals surface area contributed by atoms with Crippen molar-refractivity contribution < 1.29 is 9.90 Å². The maximum atomic E-state index is 10.4. The van der Waals surface area contributed by atoms with Gasteiger partial charge in [-0.15, -0.1) is 0 Å². The standard InChI is InChI=1S/C11H11N3O2/c12-9-5-7(6-13-11(15)16)14-10-4-2-1-3-8(9)10/h1-5,13H,6H2,(H2,12,14)(H,15,16). The van der Waals surface area contributed by atoms with Gasteiger partial charge in [0.2, 0.25) is 0 Å². The van der Waals surface area contributed by atoms with E-state index in [1.165, 1.54) is 0 Å². The molecule has 2 rings (SSSR count). The Hall–Kier alpha value is -2.30. The number of benzene rings is 1. The van der Waals surface area contributed by atoms with Crippen molar-refractivity contribution in [2.75, 3.05) is 5.73 Å². The predicted octanol–water partition coefficient (Wildman–Crippen LogP) is 1.58. The molecule has 4 N–H and O–H groups in total. The fourth-order valence-electron chi connectivity index (χ4n) is 1.52. The molecule has 16 heavy (non-hydrogen) atoms. The number of rotatable bonds is 2. The number of hydrogen-bond donors (Lipinski definition) is 3. The van der Waals surface area contributed by atoms with E-state index in [0.717, 1.165) is 10.9 Å². The average Bonchev–Trinajstić information content (AvgIpc) is 2.26. The molecule has 0 fully saturated rings. The van der Waals surface area contributed by atoms with E-state index in [0.29, 0.717) is 11.4 Å². The predicted molar refractivity (Wildman–Crippen MR) is 61.0 cm³/mol. The molecule has 0 bridgehead atoms.